The largest absolute Gasteiger partial charge is 0.463 e. The van der Waals surface area contributed by atoms with Gasteiger partial charge in [-0.3, -0.25) is 67.1 Å². The average Bonchev–Trinajstić information content (AvgIpc) is 0.824. The van der Waals surface area contributed by atoms with Gasteiger partial charge in [0, 0.05) is 11.5 Å². The van der Waals surface area contributed by atoms with E-state index in [4.69, 9.17) is 66.3 Å². The molecule has 0 aromatic heterocycles. The number of hydrogen-bond donors (Lipinski definition) is 1. The first-order chi connectivity index (χ1) is 56.7. The van der Waals surface area contributed by atoms with E-state index < -0.39 is 298 Å². The molecule has 0 aliphatic heterocycles. The number of hydrogen-bond acceptors (Lipinski definition) is 30. The highest BCUT2D eigenvalue weighted by Gasteiger charge is 2.48. The zero-order valence-electron chi connectivity index (χ0n) is 85.3. The molecule has 13 atom stereocenters. The molecule has 0 fully saturated rings. The predicted octanol–water partition coefficient (Wildman–Crippen LogP) is 17.8. The summed E-state index contributed by atoms with van der Waals surface area (Å²) in [4.78, 5) is 207. The van der Waals surface area contributed by atoms with E-state index in [-0.39, 0.29) is 37.2 Å². The van der Waals surface area contributed by atoms with Crippen LogP contribution in [0.1, 0.15) is 360 Å². The van der Waals surface area contributed by atoms with Crippen LogP contribution in [-0.2, 0) is 133 Å². The molecule has 0 aliphatic carbocycles. The molecule has 0 aromatic carbocycles. The van der Waals surface area contributed by atoms with E-state index in [2.05, 4.69) is 0 Å². The highest BCUT2D eigenvalue weighted by atomic mass is 32.2. The number of rotatable bonds is 45. The Labute approximate surface area is 765 Å². The second kappa shape index (κ2) is 48.9. The quantitative estimate of drug-likeness (QED) is 0.0336. The average molecular weight is 1830 g/mol. The van der Waals surface area contributed by atoms with Gasteiger partial charge in [0.05, 0.1) is 82.9 Å². The van der Waals surface area contributed by atoms with E-state index in [1.165, 1.54) is 0 Å². The number of ether oxygens (including phenoxy) is 14. The minimum absolute atomic E-state index is 0.0554. The van der Waals surface area contributed by atoms with E-state index in [9.17, 15) is 29.1 Å². The summed E-state index contributed by atoms with van der Waals surface area (Å²) in [6.45, 7) is 64.4. The SMILES string of the molecule is CCC(C)(C)C(=O)OCC(O)COC(=O)CCSCC(CC(CC(CC(CC(CC(CC(CC(CC(CC(CC(CC(C)C(=O)OC(C)(C)C)C(=O)OC(C)(C)C)C(=O)OC(C)(C)C)C(=O)OC(C)(C)C)C(=O)OC(C)(C)C)C(=O)OC(C)(C)C)C(=O)OC(C)(C)C)C(=O)OC(C)(C)C)C(=O)OC(C)(C)C)C(=O)OC(C)(C)C)C(=O)OC(C)(C)C)C(=O)OC(C)(C)C. The fourth-order valence-electron chi connectivity index (χ4n) is 12.9. The molecule has 0 rings (SSSR count). The molecule has 0 bridgehead atoms. The normalized spacial score (nSPS) is 16.2. The van der Waals surface area contributed by atoms with Crippen LogP contribution < -0.4 is 0 Å². The van der Waals surface area contributed by atoms with Gasteiger partial charge in [0.2, 0.25) is 0 Å². The standard InChI is InChI=1S/C97H168O29S/c1-41-97(39,40)84(112)114-56-70(98)55-113-71(99)42-43-127-57-69(83(111)126-96(36,37)38)54-68(82(110)125-95(33,34)35)53-67(81(109)124-94(30,31)32)52-66(80(108)123-93(27,28)29)51-65(79(107)122-92(24,25)26)50-64(78(106)121-91(21,22)23)49-63(77(105)120-90(18,19)20)48-62(76(104)119-89(15,16)17)47-61(75(103)118-88(12,13)14)46-60(74(102)117-87(9,10)11)45-59(73(101)116-86(6,7)8)44-58(2)72(100)115-85(3,4)5/h58-70,98H,41-57H2,1-40H3. The van der Waals surface area contributed by atoms with Gasteiger partial charge in [0.1, 0.15) is 86.5 Å². The molecule has 0 aliphatic rings. The second-order valence-corrected chi connectivity index (χ2v) is 47.7. The van der Waals surface area contributed by atoms with Crippen LogP contribution in [0.2, 0.25) is 0 Å². The van der Waals surface area contributed by atoms with Crippen LogP contribution in [0.25, 0.3) is 0 Å². The van der Waals surface area contributed by atoms with E-state index in [0.29, 0.717) is 6.42 Å². The highest BCUT2D eigenvalue weighted by molar-refractivity contribution is 7.99. The van der Waals surface area contributed by atoms with Crippen molar-refractivity contribution in [2.24, 2.45) is 76.4 Å². The summed E-state index contributed by atoms with van der Waals surface area (Å²) in [6, 6.07) is 0. The van der Waals surface area contributed by atoms with Crippen molar-refractivity contribution in [1.82, 2.24) is 0 Å². The zero-order chi connectivity index (χ0) is 99.7. The second-order valence-electron chi connectivity index (χ2n) is 46.6. The fraction of sp³-hybridized carbons (Fsp3) is 0.856. The molecule has 13 unspecified atom stereocenters. The molecule has 127 heavy (non-hydrogen) atoms. The molecule has 0 amide bonds. The third-order valence-corrected chi connectivity index (χ3v) is 19.5. The molecule has 0 spiro atoms. The molecule has 1 N–H and O–H groups in total. The minimum atomic E-state index is -1.57. The van der Waals surface area contributed by atoms with Gasteiger partial charge in [-0.1, -0.05) is 13.8 Å². The Morgan fingerprint density at radius 1 is 0.244 bits per heavy atom. The van der Waals surface area contributed by atoms with Crippen LogP contribution in [0.5, 0.6) is 0 Å². The van der Waals surface area contributed by atoms with Crippen molar-refractivity contribution in [3.05, 3.63) is 0 Å². The lowest BCUT2D eigenvalue weighted by atomic mass is 9.76. The van der Waals surface area contributed by atoms with Crippen LogP contribution >= 0.6 is 11.8 Å². The van der Waals surface area contributed by atoms with Crippen molar-refractivity contribution in [2.45, 2.75) is 434 Å². The monoisotopic (exact) mass is 1830 g/mol. The summed E-state index contributed by atoms with van der Waals surface area (Å²) in [6.07, 6.45) is -6.15. The van der Waals surface area contributed by atoms with E-state index in [0.717, 1.165) is 11.8 Å². The lowest BCUT2D eigenvalue weighted by Gasteiger charge is -2.34. The number of carbonyl (C=O) groups excluding carboxylic acids is 14. The Kier molecular flexibility index (Phi) is 46.1. The van der Waals surface area contributed by atoms with Gasteiger partial charge in [0.25, 0.3) is 0 Å². The number of aliphatic hydroxyl groups is 1. The Bertz CT molecular complexity index is 3600. The zero-order valence-corrected chi connectivity index (χ0v) is 86.1. The first-order valence-corrected chi connectivity index (χ1v) is 46.1. The van der Waals surface area contributed by atoms with Crippen LogP contribution in [0.4, 0.5) is 0 Å². The van der Waals surface area contributed by atoms with Gasteiger partial charge in [-0.05, 0) is 340 Å². The predicted molar refractivity (Wildman–Crippen MR) is 482 cm³/mol. The Morgan fingerprint density at radius 3 is 0.598 bits per heavy atom. The van der Waals surface area contributed by atoms with E-state index in [1.54, 1.807) is 270 Å². The minimum Gasteiger partial charge on any atom is -0.463 e. The number of aliphatic hydroxyl groups excluding tert-OH is 1. The summed E-state index contributed by atoms with van der Waals surface area (Å²) < 4.78 is 83.6. The van der Waals surface area contributed by atoms with Crippen LogP contribution in [-0.4, -0.2) is 187 Å². The number of thioether (sulfide) groups is 1. The summed E-state index contributed by atoms with van der Waals surface area (Å²) in [5.41, 5.74) is -14.8. The summed E-state index contributed by atoms with van der Waals surface area (Å²) in [5, 5.41) is 10.5. The van der Waals surface area contributed by atoms with Crippen molar-refractivity contribution in [1.29, 1.82) is 0 Å². The molecule has 0 saturated carbocycles. The van der Waals surface area contributed by atoms with Crippen molar-refractivity contribution < 1.29 is 139 Å². The van der Waals surface area contributed by atoms with Crippen molar-refractivity contribution in [3.63, 3.8) is 0 Å². The third kappa shape index (κ3) is 55.6. The molecule has 0 heterocycles. The number of esters is 14. The first kappa shape index (κ1) is 120. The summed E-state index contributed by atoms with van der Waals surface area (Å²) in [5.74, 6) is -28.3. The maximum Gasteiger partial charge on any atom is 0.311 e. The van der Waals surface area contributed by atoms with Gasteiger partial charge in [-0.25, -0.2) is 0 Å². The van der Waals surface area contributed by atoms with Gasteiger partial charge in [0.15, 0.2) is 0 Å². The molecule has 736 valence electrons. The molecule has 30 heteroatoms. The molecular weight excluding hydrogens is 1660 g/mol. The summed E-state index contributed by atoms with van der Waals surface area (Å²) >= 11 is 1.15. The molecule has 29 nitrogen and oxygen atoms in total. The maximum atomic E-state index is 15.6. The Balaban J connectivity index is 9.34. The number of carbonyl (C=O) groups is 14. The lowest BCUT2D eigenvalue weighted by Crippen LogP contribution is -2.40. The first-order valence-electron chi connectivity index (χ1n) is 45.0. The van der Waals surface area contributed by atoms with Crippen molar-refractivity contribution >= 4 is 95.3 Å². The van der Waals surface area contributed by atoms with Gasteiger partial charge in [-0.15, -0.1) is 0 Å². The third-order valence-electron chi connectivity index (χ3n) is 18.3. The summed E-state index contributed by atoms with van der Waals surface area (Å²) in [7, 11) is 0. The lowest BCUT2D eigenvalue weighted by molar-refractivity contribution is -0.172. The molecule has 0 aromatic rings. The van der Waals surface area contributed by atoms with Gasteiger partial charge < -0.3 is 71.4 Å². The van der Waals surface area contributed by atoms with Crippen LogP contribution in [0.15, 0.2) is 0 Å². The van der Waals surface area contributed by atoms with Crippen LogP contribution in [0.3, 0.4) is 0 Å². The molecule has 0 saturated heterocycles. The maximum absolute atomic E-state index is 15.6. The fourth-order valence-corrected chi connectivity index (χ4v) is 14.0. The van der Waals surface area contributed by atoms with Gasteiger partial charge >= 0.3 is 83.6 Å². The van der Waals surface area contributed by atoms with E-state index in [1.807, 2.05) is 6.92 Å². The van der Waals surface area contributed by atoms with Crippen LogP contribution in [0, 0.1) is 76.4 Å². The van der Waals surface area contributed by atoms with Crippen molar-refractivity contribution in [2.75, 3.05) is 24.7 Å². The van der Waals surface area contributed by atoms with E-state index >= 15 is 43.2 Å². The van der Waals surface area contributed by atoms with Gasteiger partial charge in [-0.2, -0.15) is 11.8 Å². The molecular formula is C97H168O29S. The smallest absolute Gasteiger partial charge is 0.311 e. The Hall–Kier alpha value is -7.11. The highest BCUT2D eigenvalue weighted by Crippen LogP contribution is 2.42. The Morgan fingerprint density at radius 2 is 0.409 bits per heavy atom. The van der Waals surface area contributed by atoms with Crippen molar-refractivity contribution in [3.8, 4) is 0 Å². The topological polar surface area (TPSA) is 388 Å². The molecule has 0 radical (unpaired) electrons.